The molecule has 13 heavy (non-hydrogen) atoms. The van der Waals surface area contributed by atoms with Crippen LogP contribution < -0.4 is 5.32 Å². The molecule has 0 spiro atoms. The van der Waals surface area contributed by atoms with Crippen LogP contribution in [-0.4, -0.2) is 50.3 Å². The summed E-state index contributed by atoms with van der Waals surface area (Å²) in [4.78, 5) is 2.50. The van der Waals surface area contributed by atoms with E-state index in [2.05, 4.69) is 17.1 Å². The second-order valence-electron chi connectivity index (χ2n) is 3.78. The molecule has 0 aliphatic carbocycles. The van der Waals surface area contributed by atoms with Crippen molar-refractivity contribution in [2.24, 2.45) is 0 Å². The molecule has 3 heteroatoms. The van der Waals surface area contributed by atoms with Crippen LogP contribution in [0.1, 0.15) is 20.3 Å². The predicted molar refractivity (Wildman–Crippen MR) is 55.0 cm³/mol. The smallest absolute Gasteiger partial charge is 0.0619 e. The van der Waals surface area contributed by atoms with Crippen LogP contribution in [0.25, 0.3) is 0 Å². The van der Waals surface area contributed by atoms with Gasteiger partial charge in [0.2, 0.25) is 0 Å². The van der Waals surface area contributed by atoms with Gasteiger partial charge in [-0.1, -0.05) is 0 Å². The number of nitrogens with one attached hydrogen (secondary N) is 1. The summed E-state index contributed by atoms with van der Waals surface area (Å²) in [6.07, 6.45) is 1.27. The minimum atomic E-state index is 0.568. The predicted octanol–water partition coefficient (Wildman–Crippen LogP) is 0.705. The van der Waals surface area contributed by atoms with Crippen LogP contribution in [0.2, 0.25) is 0 Å². The highest BCUT2D eigenvalue weighted by atomic mass is 16.5. The molecule has 0 aromatic rings. The summed E-state index contributed by atoms with van der Waals surface area (Å²) >= 11 is 0. The lowest BCUT2D eigenvalue weighted by Gasteiger charge is -2.23. The molecule has 1 aliphatic heterocycles. The lowest BCUT2D eigenvalue weighted by molar-refractivity contribution is 0.0836. The molecule has 1 heterocycles. The molecule has 1 saturated heterocycles. The van der Waals surface area contributed by atoms with Gasteiger partial charge >= 0.3 is 0 Å². The maximum atomic E-state index is 5.41. The highest BCUT2D eigenvalue weighted by molar-refractivity contribution is 4.82. The van der Waals surface area contributed by atoms with Gasteiger partial charge in [-0.2, -0.15) is 0 Å². The van der Waals surface area contributed by atoms with E-state index in [1.165, 1.54) is 19.5 Å². The van der Waals surface area contributed by atoms with Gasteiger partial charge in [-0.15, -0.1) is 0 Å². The number of hydrogen-bond donors (Lipinski definition) is 1. The van der Waals surface area contributed by atoms with E-state index in [4.69, 9.17) is 4.74 Å². The summed E-state index contributed by atoms with van der Waals surface area (Å²) in [7, 11) is 2.04. The van der Waals surface area contributed by atoms with Crippen molar-refractivity contribution in [2.45, 2.75) is 32.4 Å². The number of likely N-dealkylation sites (tertiary alicyclic amines) is 1. The number of nitrogens with zero attached hydrogens (tertiary/aromatic N) is 1. The summed E-state index contributed by atoms with van der Waals surface area (Å²) in [5, 5.41) is 3.32. The van der Waals surface area contributed by atoms with Crippen LogP contribution in [0.5, 0.6) is 0 Å². The van der Waals surface area contributed by atoms with Gasteiger partial charge in [0.15, 0.2) is 0 Å². The summed E-state index contributed by atoms with van der Waals surface area (Å²) in [6.45, 7) is 8.37. The standard InChI is InChI=1S/C10H22N2O/c1-4-13-8-9(2)12-6-5-10(7-12)11-3/h9-11H,4-8H2,1-3H3. The maximum Gasteiger partial charge on any atom is 0.0619 e. The second kappa shape index (κ2) is 5.58. The fourth-order valence-electron chi connectivity index (χ4n) is 1.82. The molecule has 0 aromatic heterocycles. The van der Waals surface area contributed by atoms with Crippen molar-refractivity contribution < 1.29 is 4.74 Å². The molecular formula is C10H22N2O. The summed E-state index contributed by atoms with van der Waals surface area (Å²) < 4.78 is 5.41. The second-order valence-corrected chi connectivity index (χ2v) is 3.78. The molecule has 1 rings (SSSR count). The zero-order chi connectivity index (χ0) is 9.68. The Bertz CT molecular complexity index is 141. The van der Waals surface area contributed by atoms with E-state index in [1.54, 1.807) is 0 Å². The Morgan fingerprint density at radius 3 is 2.92 bits per heavy atom. The normalized spacial score (nSPS) is 26.5. The molecule has 0 radical (unpaired) electrons. The molecular weight excluding hydrogens is 164 g/mol. The molecule has 2 unspecified atom stereocenters. The monoisotopic (exact) mass is 186 g/mol. The molecule has 0 amide bonds. The van der Waals surface area contributed by atoms with Crippen molar-refractivity contribution in [3.63, 3.8) is 0 Å². The fraction of sp³-hybridized carbons (Fsp3) is 1.00. The summed E-state index contributed by atoms with van der Waals surface area (Å²) in [6, 6.07) is 1.25. The Hall–Kier alpha value is -0.120. The van der Waals surface area contributed by atoms with Crippen molar-refractivity contribution >= 4 is 0 Å². The molecule has 0 aromatic carbocycles. The van der Waals surface area contributed by atoms with Crippen LogP contribution in [0.15, 0.2) is 0 Å². The van der Waals surface area contributed by atoms with E-state index in [-0.39, 0.29) is 0 Å². The summed E-state index contributed by atoms with van der Waals surface area (Å²) in [5.74, 6) is 0. The lowest BCUT2D eigenvalue weighted by Crippen LogP contribution is -2.37. The first-order valence-corrected chi connectivity index (χ1v) is 5.27. The third-order valence-corrected chi connectivity index (χ3v) is 2.81. The van der Waals surface area contributed by atoms with Crippen molar-refractivity contribution in [2.75, 3.05) is 33.4 Å². The zero-order valence-corrected chi connectivity index (χ0v) is 9.05. The van der Waals surface area contributed by atoms with Gasteiger partial charge in [0.1, 0.15) is 0 Å². The topological polar surface area (TPSA) is 24.5 Å². The SMILES string of the molecule is CCOCC(C)N1CCC(NC)C1. The van der Waals surface area contributed by atoms with Crippen molar-refractivity contribution in [3.05, 3.63) is 0 Å². The molecule has 3 nitrogen and oxygen atoms in total. The van der Waals surface area contributed by atoms with Crippen LogP contribution in [0, 0.1) is 0 Å². The lowest BCUT2D eigenvalue weighted by atomic mass is 10.3. The van der Waals surface area contributed by atoms with Crippen LogP contribution in [0.4, 0.5) is 0 Å². The quantitative estimate of drug-likeness (QED) is 0.684. The van der Waals surface area contributed by atoms with E-state index >= 15 is 0 Å². The molecule has 2 atom stereocenters. The minimum absolute atomic E-state index is 0.568. The fourth-order valence-corrected chi connectivity index (χ4v) is 1.82. The first-order valence-electron chi connectivity index (χ1n) is 5.27. The van der Waals surface area contributed by atoms with Gasteiger partial charge in [-0.05, 0) is 27.3 Å². The Balaban J connectivity index is 2.20. The van der Waals surface area contributed by atoms with Crippen molar-refractivity contribution in [1.82, 2.24) is 10.2 Å². The largest absolute Gasteiger partial charge is 0.380 e. The number of rotatable bonds is 5. The third kappa shape index (κ3) is 3.25. The van der Waals surface area contributed by atoms with Gasteiger partial charge < -0.3 is 10.1 Å². The summed E-state index contributed by atoms with van der Waals surface area (Å²) in [5.41, 5.74) is 0. The molecule has 1 aliphatic rings. The van der Waals surface area contributed by atoms with E-state index in [0.29, 0.717) is 12.1 Å². The Labute approximate surface area is 81.4 Å². The van der Waals surface area contributed by atoms with Crippen LogP contribution >= 0.6 is 0 Å². The van der Waals surface area contributed by atoms with Crippen LogP contribution in [-0.2, 0) is 4.74 Å². The number of likely N-dealkylation sites (N-methyl/N-ethyl adjacent to an activating group) is 1. The van der Waals surface area contributed by atoms with E-state index in [0.717, 1.165) is 13.2 Å². The molecule has 0 saturated carbocycles. The third-order valence-electron chi connectivity index (χ3n) is 2.81. The van der Waals surface area contributed by atoms with Crippen molar-refractivity contribution in [3.8, 4) is 0 Å². The van der Waals surface area contributed by atoms with E-state index in [1.807, 2.05) is 14.0 Å². The van der Waals surface area contributed by atoms with Gasteiger partial charge in [0, 0.05) is 31.8 Å². The number of ether oxygens (including phenoxy) is 1. The molecule has 1 fully saturated rings. The van der Waals surface area contributed by atoms with Crippen LogP contribution in [0.3, 0.4) is 0 Å². The van der Waals surface area contributed by atoms with Crippen molar-refractivity contribution in [1.29, 1.82) is 0 Å². The van der Waals surface area contributed by atoms with E-state index < -0.39 is 0 Å². The minimum Gasteiger partial charge on any atom is -0.380 e. The molecule has 78 valence electrons. The zero-order valence-electron chi connectivity index (χ0n) is 9.05. The van der Waals surface area contributed by atoms with Gasteiger partial charge in [-0.3, -0.25) is 4.90 Å². The van der Waals surface area contributed by atoms with Gasteiger partial charge in [0.05, 0.1) is 6.61 Å². The highest BCUT2D eigenvalue weighted by Crippen LogP contribution is 2.12. The molecule has 1 N–H and O–H groups in total. The van der Waals surface area contributed by atoms with Gasteiger partial charge in [0.25, 0.3) is 0 Å². The Morgan fingerprint density at radius 1 is 1.62 bits per heavy atom. The Kier molecular flexibility index (Phi) is 4.70. The first kappa shape index (κ1) is 11.0. The number of hydrogen-bond acceptors (Lipinski definition) is 3. The first-order chi connectivity index (χ1) is 6.27. The highest BCUT2D eigenvalue weighted by Gasteiger charge is 2.24. The van der Waals surface area contributed by atoms with Gasteiger partial charge in [-0.25, -0.2) is 0 Å². The Morgan fingerprint density at radius 2 is 2.38 bits per heavy atom. The average molecular weight is 186 g/mol. The van der Waals surface area contributed by atoms with E-state index in [9.17, 15) is 0 Å². The molecule has 0 bridgehead atoms. The average Bonchev–Trinajstić information content (AvgIpc) is 2.62. The maximum absolute atomic E-state index is 5.41.